The van der Waals surface area contributed by atoms with Gasteiger partial charge in [0.2, 0.25) is 0 Å². The predicted molar refractivity (Wildman–Crippen MR) is 73.1 cm³/mol. The van der Waals surface area contributed by atoms with E-state index in [2.05, 4.69) is 5.10 Å². The molecule has 0 N–H and O–H groups in total. The van der Waals surface area contributed by atoms with Crippen LogP contribution in [0.5, 0.6) is 5.75 Å². The number of benzene rings is 1. The van der Waals surface area contributed by atoms with Crippen LogP contribution in [0.2, 0.25) is 5.02 Å². The highest BCUT2D eigenvalue weighted by atomic mass is 35.5. The Bertz CT molecular complexity index is 595. The topological polar surface area (TPSA) is 27.1 Å². The first kappa shape index (κ1) is 13.9. The fourth-order valence-corrected chi connectivity index (χ4v) is 2.19. The van der Waals surface area contributed by atoms with E-state index in [9.17, 15) is 4.39 Å². The molecular weight excluding hydrogens is 267 g/mol. The highest BCUT2D eigenvalue weighted by molar-refractivity contribution is 6.31. The molecule has 0 saturated carbocycles. The summed E-state index contributed by atoms with van der Waals surface area (Å²) >= 11 is 6.21. The molecule has 5 heteroatoms. The molecule has 0 fully saturated rings. The Kier molecular flexibility index (Phi) is 4.10. The van der Waals surface area contributed by atoms with E-state index in [4.69, 9.17) is 16.3 Å². The monoisotopic (exact) mass is 282 g/mol. The summed E-state index contributed by atoms with van der Waals surface area (Å²) in [4.78, 5) is 0. The molecular formula is C14H16ClFN2O. The van der Waals surface area contributed by atoms with E-state index in [1.807, 2.05) is 13.8 Å². The fourth-order valence-electron chi connectivity index (χ4n) is 1.84. The van der Waals surface area contributed by atoms with Crippen LogP contribution in [0.4, 0.5) is 4.39 Å². The Balaban J connectivity index is 2.19. The van der Waals surface area contributed by atoms with E-state index in [1.54, 1.807) is 23.9 Å². The number of aromatic nitrogens is 2. The number of rotatable bonds is 4. The van der Waals surface area contributed by atoms with Crippen LogP contribution in [0, 0.1) is 12.7 Å². The van der Waals surface area contributed by atoms with Crippen molar-refractivity contribution < 1.29 is 9.13 Å². The molecule has 3 nitrogen and oxygen atoms in total. The molecule has 1 heterocycles. The van der Waals surface area contributed by atoms with E-state index in [0.717, 1.165) is 23.4 Å². The first-order chi connectivity index (χ1) is 9.02. The number of aryl methyl sites for hydroxylation is 3. The van der Waals surface area contributed by atoms with Gasteiger partial charge in [0.15, 0.2) is 11.6 Å². The fraction of sp³-hybridized carbons (Fsp3) is 0.357. The normalized spacial score (nSPS) is 10.8. The van der Waals surface area contributed by atoms with Crippen molar-refractivity contribution in [2.24, 2.45) is 7.05 Å². The van der Waals surface area contributed by atoms with Crippen LogP contribution in [-0.2, 0) is 20.1 Å². The lowest BCUT2D eigenvalue weighted by molar-refractivity contribution is 0.280. The van der Waals surface area contributed by atoms with Gasteiger partial charge in [-0.25, -0.2) is 4.39 Å². The maximum Gasteiger partial charge on any atom is 0.165 e. The zero-order valence-electron chi connectivity index (χ0n) is 11.2. The lowest BCUT2D eigenvalue weighted by Gasteiger charge is -2.08. The minimum absolute atomic E-state index is 0.197. The molecule has 0 aliphatic rings. The Morgan fingerprint density at radius 2 is 2.16 bits per heavy atom. The van der Waals surface area contributed by atoms with Gasteiger partial charge in [-0.15, -0.1) is 0 Å². The van der Waals surface area contributed by atoms with Crippen LogP contribution < -0.4 is 4.74 Å². The quantitative estimate of drug-likeness (QED) is 0.856. The van der Waals surface area contributed by atoms with Crippen molar-refractivity contribution in [2.75, 3.05) is 0 Å². The largest absolute Gasteiger partial charge is 0.484 e. The van der Waals surface area contributed by atoms with Gasteiger partial charge in [0, 0.05) is 7.05 Å². The molecule has 1 aromatic carbocycles. The Morgan fingerprint density at radius 3 is 2.79 bits per heavy atom. The zero-order chi connectivity index (χ0) is 14.0. The van der Waals surface area contributed by atoms with Crippen LogP contribution in [0.3, 0.4) is 0 Å². The van der Waals surface area contributed by atoms with Crippen LogP contribution in [0.1, 0.15) is 23.9 Å². The van der Waals surface area contributed by atoms with Gasteiger partial charge >= 0.3 is 0 Å². The lowest BCUT2D eigenvalue weighted by Crippen LogP contribution is -2.04. The van der Waals surface area contributed by atoms with E-state index in [-0.39, 0.29) is 18.2 Å². The van der Waals surface area contributed by atoms with E-state index < -0.39 is 0 Å². The average molecular weight is 283 g/mol. The number of hydrogen-bond acceptors (Lipinski definition) is 2. The third kappa shape index (κ3) is 2.89. The molecule has 2 rings (SSSR count). The molecule has 0 bridgehead atoms. The molecule has 0 radical (unpaired) electrons. The first-order valence-electron chi connectivity index (χ1n) is 6.12. The molecule has 1 aromatic heterocycles. The van der Waals surface area contributed by atoms with E-state index in [1.165, 1.54) is 6.07 Å². The summed E-state index contributed by atoms with van der Waals surface area (Å²) in [6.07, 6.45) is 0.755. The van der Waals surface area contributed by atoms with Crippen molar-refractivity contribution in [3.63, 3.8) is 0 Å². The molecule has 0 unspecified atom stereocenters. The van der Waals surface area contributed by atoms with E-state index in [0.29, 0.717) is 5.02 Å². The van der Waals surface area contributed by atoms with Crippen molar-refractivity contribution in [1.29, 1.82) is 0 Å². The summed E-state index contributed by atoms with van der Waals surface area (Å²) in [5.74, 6) is -0.144. The predicted octanol–water partition coefficient (Wildman–Crippen LogP) is 3.66. The summed E-state index contributed by atoms with van der Waals surface area (Å²) in [5, 5.41) is 4.89. The molecule has 102 valence electrons. The Labute approximate surface area is 117 Å². The lowest BCUT2D eigenvalue weighted by atomic mass is 10.2. The molecule has 0 spiro atoms. The Morgan fingerprint density at radius 1 is 1.42 bits per heavy atom. The highest BCUT2D eigenvalue weighted by Gasteiger charge is 2.14. The summed E-state index contributed by atoms with van der Waals surface area (Å²) in [7, 11) is 1.80. The van der Waals surface area contributed by atoms with Crippen molar-refractivity contribution in [1.82, 2.24) is 9.78 Å². The minimum Gasteiger partial charge on any atom is -0.484 e. The minimum atomic E-state index is -0.375. The van der Waals surface area contributed by atoms with Gasteiger partial charge in [-0.05, 0) is 31.0 Å². The van der Waals surface area contributed by atoms with Crippen LogP contribution in [-0.4, -0.2) is 9.78 Å². The van der Waals surface area contributed by atoms with Gasteiger partial charge in [0.1, 0.15) is 6.61 Å². The smallest absolute Gasteiger partial charge is 0.165 e. The van der Waals surface area contributed by atoms with Gasteiger partial charge < -0.3 is 4.74 Å². The summed E-state index contributed by atoms with van der Waals surface area (Å²) in [6.45, 7) is 4.07. The first-order valence-corrected chi connectivity index (χ1v) is 6.50. The van der Waals surface area contributed by atoms with Gasteiger partial charge in [0.05, 0.1) is 16.4 Å². The maximum atomic E-state index is 13.6. The molecule has 0 aliphatic carbocycles. The maximum absolute atomic E-state index is 13.6. The van der Waals surface area contributed by atoms with Gasteiger partial charge in [-0.2, -0.15) is 5.10 Å². The third-order valence-corrected chi connectivity index (χ3v) is 3.39. The zero-order valence-corrected chi connectivity index (χ0v) is 12.0. The molecule has 0 saturated heterocycles. The van der Waals surface area contributed by atoms with Gasteiger partial charge in [-0.3, -0.25) is 4.68 Å². The van der Waals surface area contributed by atoms with E-state index >= 15 is 0 Å². The molecule has 2 aromatic rings. The van der Waals surface area contributed by atoms with Gasteiger partial charge in [-0.1, -0.05) is 24.6 Å². The Hall–Kier alpha value is -1.55. The molecule has 19 heavy (non-hydrogen) atoms. The van der Waals surface area contributed by atoms with Crippen LogP contribution in [0.15, 0.2) is 18.2 Å². The van der Waals surface area contributed by atoms with Crippen LogP contribution >= 0.6 is 11.6 Å². The number of halogens is 2. The highest BCUT2D eigenvalue weighted by Crippen LogP contribution is 2.24. The summed E-state index contributed by atoms with van der Waals surface area (Å²) < 4.78 is 20.7. The number of ether oxygens (including phenoxy) is 1. The van der Waals surface area contributed by atoms with Gasteiger partial charge in [0.25, 0.3) is 0 Å². The van der Waals surface area contributed by atoms with Crippen molar-refractivity contribution in [2.45, 2.75) is 26.9 Å². The van der Waals surface area contributed by atoms with Crippen molar-refractivity contribution in [3.8, 4) is 5.75 Å². The molecule has 0 atom stereocenters. The second-order valence-electron chi connectivity index (χ2n) is 4.41. The second kappa shape index (κ2) is 5.61. The number of hydrogen-bond donors (Lipinski definition) is 0. The SMILES string of the molecule is CCc1nn(C)c(COc2cc(C)ccc2F)c1Cl. The number of nitrogens with zero attached hydrogens (tertiary/aromatic N) is 2. The molecule has 0 aliphatic heterocycles. The van der Waals surface area contributed by atoms with Crippen molar-refractivity contribution in [3.05, 3.63) is 46.0 Å². The second-order valence-corrected chi connectivity index (χ2v) is 4.79. The standard InChI is InChI=1S/C14H16ClFN2O/c1-4-11-14(15)12(18(3)17-11)8-19-13-7-9(2)5-6-10(13)16/h5-7H,4,8H2,1-3H3. The van der Waals surface area contributed by atoms with Crippen molar-refractivity contribution >= 4 is 11.6 Å². The summed E-state index contributed by atoms with van der Waals surface area (Å²) in [6, 6.07) is 4.77. The molecule has 0 amide bonds. The van der Waals surface area contributed by atoms with Crippen LogP contribution in [0.25, 0.3) is 0 Å². The average Bonchev–Trinajstić information content (AvgIpc) is 2.66. The summed E-state index contributed by atoms with van der Waals surface area (Å²) in [5.41, 5.74) is 2.52. The third-order valence-electron chi connectivity index (χ3n) is 2.95.